The van der Waals surface area contributed by atoms with Gasteiger partial charge in [-0.05, 0) is 49.4 Å². The van der Waals surface area contributed by atoms with Crippen LogP contribution in [0.4, 0.5) is 5.69 Å². The standard InChI is InChI=1S/C32H34ClN5O5/c1-18-20(8-6-11-24(18)35-29(40)23-17-37(2)32(42)38(3)31(23)41)21-9-5-10-22(28(21)33)25-15-14-19(30(36-25)43-4)16-34-26-12-7-13-27(26)39/h5-6,8-11,14-15,17,26-27,34,39H,7,12-13,16H2,1-4H3,(H,35,40)/t26-,27+/m1/s1. The highest BCUT2D eigenvalue weighted by atomic mass is 35.5. The van der Waals surface area contributed by atoms with Crippen LogP contribution in [0, 0.1) is 6.92 Å². The van der Waals surface area contributed by atoms with Gasteiger partial charge in [-0.1, -0.05) is 48.0 Å². The van der Waals surface area contributed by atoms with Crippen LogP contribution in [0.25, 0.3) is 22.4 Å². The molecule has 1 amide bonds. The highest BCUT2D eigenvalue weighted by molar-refractivity contribution is 6.36. The topological polar surface area (TPSA) is 127 Å². The zero-order valence-corrected chi connectivity index (χ0v) is 25.2. The summed E-state index contributed by atoms with van der Waals surface area (Å²) in [5.74, 6) is -0.144. The Labute approximate surface area is 253 Å². The van der Waals surface area contributed by atoms with E-state index in [4.69, 9.17) is 21.3 Å². The summed E-state index contributed by atoms with van der Waals surface area (Å²) in [6.07, 6.45) is 3.65. The SMILES string of the molecule is COc1nc(-c2cccc(-c3cccc(NC(=O)c4cn(C)c(=O)n(C)c4=O)c3C)c2Cl)ccc1CN[C@@H]1CCC[C@@H]1O. The first kappa shape index (κ1) is 30.2. The van der Waals surface area contributed by atoms with Crippen molar-refractivity contribution >= 4 is 23.2 Å². The molecular weight excluding hydrogens is 570 g/mol. The molecule has 0 saturated heterocycles. The Kier molecular flexibility index (Phi) is 8.82. The monoisotopic (exact) mass is 603 g/mol. The number of aryl methyl sites for hydroxylation is 1. The smallest absolute Gasteiger partial charge is 0.330 e. The molecule has 0 radical (unpaired) electrons. The summed E-state index contributed by atoms with van der Waals surface area (Å²) in [7, 11) is 4.39. The predicted molar refractivity (Wildman–Crippen MR) is 167 cm³/mol. The number of carbonyl (C=O) groups is 1. The van der Waals surface area contributed by atoms with Crippen LogP contribution in [0.5, 0.6) is 5.88 Å². The van der Waals surface area contributed by atoms with Crippen LogP contribution in [-0.4, -0.2) is 44.4 Å². The Bertz CT molecular complexity index is 1820. The van der Waals surface area contributed by atoms with Gasteiger partial charge in [0.2, 0.25) is 5.88 Å². The average Bonchev–Trinajstić information content (AvgIpc) is 3.42. The third-order valence-corrected chi connectivity index (χ3v) is 8.41. The number of nitrogens with one attached hydrogen (secondary N) is 2. The first-order valence-corrected chi connectivity index (χ1v) is 14.4. The van der Waals surface area contributed by atoms with Gasteiger partial charge in [-0.2, -0.15) is 0 Å². The number of anilines is 1. The molecule has 1 aliphatic carbocycles. The molecule has 2 atom stereocenters. The lowest BCUT2D eigenvalue weighted by atomic mass is 9.96. The molecule has 2 aromatic carbocycles. The van der Waals surface area contributed by atoms with E-state index >= 15 is 0 Å². The Morgan fingerprint density at radius 2 is 1.79 bits per heavy atom. The number of benzene rings is 2. The zero-order chi connectivity index (χ0) is 30.8. The van der Waals surface area contributed by atoms with Gasteiger partial charge in [0.05, 0.1) is 23.9 Å². The Morgan fingerprint density at radius 1 is 1.07 bits per heavy atom. The highest BCUT2D eigenvalue weighted by Crippen LogP contribution is 2.39. The number of pyridine rings is 1. The first-order chi connectivity index (χ1) is 20.6. The summed E-state index contributed by atoms with van der Waals surface area (Å²) < 4.78 is 7.69. The maximum atomic E-state index is 13.1. The molecule has 11 heteroatoms. The van der Waals surface area contributed by atoms with Crippen molar-refractivity contribution in [2.24, 2.45) is 14.1 Å². The summed E-state index contributed by atoms with van der Waals surface area (Å²) in [6, 6.07) is 15.0. The Balaban J connectivity index is 1.43. The normalized spacial score (nSPS) is 16.3. The maximum Gasteiger partial charge on any atom is 0.330 e. The van der Waals surface area contributed by atoms with E-state index < -0.39 is 17.2 Å². The van der Waals surface area contributed by atoms with E-state index in [1.807, 2.05) is 43.3 Å². The number of nitrogens with zero attached hydrogens (tertiary/aromatic N) is 3. The van der Waals surface area contributed by atoms with Gasteiger partial charge in [0, 0.05) is 55.3 Å². The van der Waals surface area contributed by atoms with Crippen molar-refractivity contribution in [2.45, 2.75) is 44.9 Å². The molecule has 2 heterocycles. The fraction of sp³-hybridized carbons (Fsp3) is 0.312. The minimum atomic E-state index is -0.675. The second kappa shape index (κ2) is 12.5. The molecule has 2 aromatic heterocycles. The van der Waals surface area contributed by atoms with Gasteiger partial charge in [0.25, 0.3) is 11.5 Å². The molecule has 1 aliphatic rings. The minimum absolute atomic E-state index is 0.0612. The molecule has 0 aliphatic heterocycles. The van der Waals surface area contributed by atoms with Crippen molar-refractivity contribution in [1.82, 2.24) is 19.4 Å². The largest absolute Gasteiger partial charge is 0.481 e. The van der Waals surface area contributed by atoms with Gasteiger partial charge >= 0.3 is 5.69 Å². The van der Waals surface area contributed by atoms with Crippen molar-refractivity contribution in [1.29, 1.82) is 0 Å². The molecule has 0 bridgehead atoms. The van der Waals surface area contributed by atoms with Crippen LogP contribution < -0.4 is 26.6 Å². The first-order valence-electron chi connectivity index (χ1n) is 14.0. The summed E-state index contributed by atoms with van der Waals surface area (Å²) in [4.78, 5) is 42.4. The van der Waals surface area contributed by atoms with Gasteiger partial charge in [0.1, 0.15) is 5.56 Å². The van der Waals surface area contributed by atoms with Crippen molar-refractivity contribution in [3.63, 3.8) is 0 Å². The highest BCUT2D eigenvalue weighted by Gasteiger charge is 2.25. The lowest BCUT2D eigenvalue weighted by Gasteiger charge is -2.18. The molecule has 224 valence electrons. The fourth-order valence-corrected chi connectivity index (χ4v) is 5.83. The van der Waals surface area contributed by atoms with Crippen molar-refractivity contribution < 1.29 is 14.6 Å². The van der Waals surface area contributed by atoms with E-state index in [1.165, 1.54) is 24.9 Å². The lowest BCUT2D eigenvalue weighted by Crippen LogP contribution is -2.40. The molecule has 43 heavy (non-hydrogen) atoms. The quantitative estimate of drug-likeness (QED) is 0.277. The number of rotatable bonds is 8. The second-order valence-electron chi connectivity index (χ2n) is 10.8. The summed E-state index contributed by atoms with van der Waals surface area (Å²) in [5, 5.41) is 16.8. The second-order valence-corrected chi connectivity index (χ2v) is 11.1. The molecule has 0 spiro atoms. The van der Waals surface area contributed by atoms with E-state index in [-0.39, 0.29) is 17.7 Å². The van der Waals surface area contributed by atoms with Crippen molar-refractivity contribution in [3.8, 4) is 28.3 Å². The van der Waals surface area contributed by atoms with Gasteiger partial charge in [-0.15, -0.1) is 0 Å². The molecule has 10 nitrogen and oxygen atoms in total. The molecular formula is C32H34ClN5O5. The number of hydrogen-bond acceptors (Lipinski definition) is 7. The van der Waals surface area contributed by atoms with Crippen LogP contribution in [0.2, 0.25) is 5.02 Å². The van der Waals surface area contributed by atoms with Gasteiger partial charge in [-0.25, -0.2) is 9.78 Å². The third kappa shape index (κ3) is 5.99. The number of hydrogen-bond donors (Lipinski definition) is 3. The molecule has 0 unspecified atom stereocenters. The van der Waals surface area contributed by atoms with Gasteiger partial charge in [0.15, 0.2) is 0 Å². The van der Waals surface area contributed by atoms with E-state index in [0.717, 1.165) is 46.1 Å². The molecule has 1 fully saturated rings. The number of amides is 1. The minimum Gasteiger partial charge on any atom is -0.481 e. The number of ether oxygens (including phenoxy) is 1. The van der Waals surface area contributed by atoms with E-state index in [2.05, 4.69) is 10.6 Å². The maximum absolute atomic E-state index is 13.1. The van der Waals surface area contributed by atoms with Crippen LogP contribution in [-0.2, 0) is 20.6 Å². The number of methoxy groups -OCH3 is 1. The zero-order valence-electron chi connectivity index (χ0n) is 24.5. The number of aliphatic hydroxyl groups is 1. The van der Waals surface area contributed by atoms with Crippen LogP contribution >= 0.6 is 11.6 Å². The number of carbonyl (C=O) groups excluding carboxylic acids is 1. The lowest BCUT2D eigenvalue weighted by molar-refractivity contribution is 0.102. The fourth-order valence-electron chi connectivity index (χ4n) is 5.50. The van der Waals surface area contributed by atoms with E-state index in [0.29, 0.717) is 34.4 Å². The predicted octanol–water partition coefficient (Wildman–Crippen LogP) is 4.04. The molecule has 5 rings (SSSR count). The summed E-state index contributed by atoms with van der Waals surface area (Å²) in [6.45, 7) is 2.38. The Morgan fingerprint density at radius 3 is 2.51 bits per heavy atom. The number of aromatic nitrogens is 3. The van der Waals surface area contributed by atoms with E-state index in [1.54, 1.807) is 19.2 Å². The third-order valence-electron chi connectivity index (χ3n) is 8.00. The molecule has 4 aromatic rings. The molecule has 1 saturated carbocycles. The summed E-state index contributed by atoms with van der Waals surface area (Å²) >= 11 is 6.99. The summed E-state index contributed by atoms with van der Waals surface area (Å²) in [5.41, 5.74) is 3.68. The van der Waals surface area contributed by atoms with Gasteiger partial charge in [-0.3, -0.25) is 14.2 Å². The van der Waals surface area contributed by atoms with Crippen LogP contribution in [0.15, 0.2) is 64.3 Å². The average molecular weight is 604 g/mol. The van der Waals surface area contributed by atoms with Gasteiger partial charge < -0.3 is 25.0 Å². The number of halogens is 1. The van der Waals surface area contributed by atoms with Crippen molar-refractivity contribution in [3.05, 3.63) is 97.3 Å². The van der Waals surface area contributed by atoms with E-state index in [9.17, 15) is 19.5 Å². The van der Waals surface area contributed by atoms with Crippen LogP contribution in [0.3, 0.4) is 0 Å². The molecule has 3 N–H and O–H groups in total. The Hall–Kier alpha value is -4.25. The van der Waals surface area contributed by atoms with Crippen molar-refractivity contribution in [2.75, 3.05) is 12.4 Å². The number of aliphatic hydroxyl groups excluding tert-OH is 1. The van der Waals surface area contributed by atoms with Crippen LogP contribution in [0.1, 0.15) is 40.7 Å².